The molecule has 1 aromatic heterocycles. The van der Waals surface area contributed by atoms with Crippen LogP contribution >= 0.6 is 11.3 Å². The molecular formula is C41H57N7O6S2. The number of piperazine rings is 1. The zero-order valence-corrected chi connectivity index (χ0v) is 33.9. The van der Waals surface area contributed by atoms with Gasteiger partial charge in [0.15, 0.2) is 0 Å². The number of carbonyl (C=O) groups is 3. The van der Waals surface area contributed by atoms with E-state index in [9.17, 15) is 22.8 Å². The average molecular weight is 808 g/mol. The van der Waals surface area contributed by atoms with Gasteiger partial charge in [-0.3, -0.25) is 9.59 Å². The molecule has 304 valence electrons. The van der Waals surface area contributed by atoms with Gasteiger partial charge in [-0.05, 0) is 91.5 Å². The minimum absolute atomic E-state index is 0.0223. The van der Waals surface area contributed by atoms with Crippen LogP contribution in [0.15, 0.2) is 72.1 Å². The molecule has 3 heterocycles. The van der Waals surface area contributed by atoms with Gasteiger partial charge in [-0.25, -0.2) is 17.9 Å². The highest BCUT2D eigenvalue weighted by atomic mass is 32.2. The van der Waals surface area contributed by atoms with Crippen molar-refractivity contribution in [2.45, 2.75) is 95.0 Å². The lowest BCUT2D eigenvalue weighted by atomic mass is 9.70. The van der Waals surface area contributed by atoms with Crippen LogP contribution in [0.1, 0.15) is 67.4 Å². The van der Waals surface area contributed by atoms with Gasteiger partial charge in [-0.1, -0.05) is 55.0 Å². The standard InChI is InChI=1S/C41H57N7O6S2/c1-56(52,53)45-19-6-5-14-36(46-32-15-17-41(18-16-32)25-33(44-29-41)23-30-9-3-2-4-10-30)39(50)48-21-20-47(40(51)54-34-12-7-11-31(24-34)26-42)28-37(48)38(49)43-27-35-13-8-22-55-35/h2-4,7-13,22,24,32-33,36-37,44-46H,5-6,14-21,23,25-29,42H2,1H3,(H,43,49)/t32?,33?,36-,37+,41?/m1/s1. The normalized spacial score (nSPS) is 23.2. The maximum atomic E-state index is 14.7. The first-order valence-electron chi connectivity index (χ1n) is 19.8. The van der Waals surface area contributed by atoms with Crippen molar-refractivity contribution in [3.05, 3.63) is 88.1 Å². The monoisotopic (exact) mass is 807 g/mol. The Hall–Kier alpha value is -3.86. The molecule has 3 atom stereocenters. The molecule has 2 aliphatic heterocycles. The Bertz CT molecular complexity index is 1850. The van der Waals surface area contributed by atoms with Crippen molar-refractivity contribution in [3.63, 3.8) is 0 Å². The summed E-state index contributed by atoms with van der Waals surface area (Å²) in [5.74, 6) is -0.172. The van der Waals surface area contributed by atoms with Crippen LogP contribution in [0.25, 0.3) is 0 Å². The van der Waals surface area contributed by atoms with E-state index >= 15 is 0 Å². The van der Waals surface area contributed by atoms with E-state index in [2.05, 4.69) is 51.0 Å². The van der Waals surface area contributed by atoms with E-state index in [1.165, 1.54) is 21.8 Å². The highest BCUT2D eigenvalue weighted by Gasteiger charge is 2.44. The lowest BCUT2D eigenvalue weighted by Gasteiger charge is -2.43. The Morgan fingerprint density at radius 3 is 2.54 bits per heavy atom. The molecule has 3 amide bonds. The molecule has 3 aliphatic rings. The average Bonchev–Trinajstić information content (AvgIpc) is 3.87. The van der Waals surface area contributed by atoms with Gasteiger partial charge < -0.3 is 36.2 Å². The van der Waals surface area contributed by atoms with Gasteiger partial charge in [0.1, 0.15) is 11.8 Å². The van der Waals surface area contributed by atoms with E-state index in [4.69, 9.17) is 10.5 Å². The lowest BCUT2D eigenvalue weighted by Crippen LogP contribution is -2.64. The van der Waals surface area contributed by atoms with E-state index < -0.39 is 28.2 Å². The Kier molecular flexibility index (Phi) is 14.6. The fraction of sp³-hybridized carbons (Fsp3) is 0.537. The van der Waals surface area contributed by atoms with Crippen LogP contribution in [0.2, 0.25) is 0 Å². The van der Waals surface area contributed by atoms with Crippen molar-refractivity contribution in [1.29, 1.82) is 0 Å². The summed E-state index contributed by atoms with van der Waals surface area (Å²) in [6.45, 7) is 2.23. The largest absolute Gasteiger partial charge is 0.415 e. The van der Waals surface area contributed by atoms with Crippen molar-refractivity contribution in [2.24, 2.45) is 11.1 Å². The fourth-order valence-electron chi connectivity index (χ4n) is 8.39. The molecule has 6 N–H and O–H groups in total. The molecule has 1 saturated carbocycles. The van der Waals surface area contributed by atoms with Gasteiger partial charge in [0, 0.05) is 49.7 Å². The molecule has 0 bridgehead atoms. The SMILES string of the molecule is CS(=O)(=O)NCCCC[C@@H](NC1CCC2(CC1)CNC(Cc1ccccc1)C2)C(=O)N1CCN(C(=O)Oc2cccc(CN)c2)C[C@H]1C(=O)NCc1cccs1. The zero-order chi connectivity index (χ0) is 39.5. The van der Waals surface area contributed by atoms with E-state index in [-0.39, 0.29) is 49.5 Å². The first-order chi connectivity index (χ1) is 27.0. The smallest absolute Gasteiger partial charge is 0.410 e. The van der Waals surface area contributed by atoms with Crippen LogP contribution in [0.3, 0.4) is 0 Å². The fourth-order valence-corrected chi connectivity index (χ4v) is 9.55. The Morgan fingerprint density at radius 1 is 1.02 bits per heavy atom. The molecule has 13 nitrogen and oxygen atoms in total. The third-order valence-corrected chi connectivity index (χ3v) is 13.0. The summed E-state index contributed by atoms with van der Waals surface area (Å²) in [6.07, 6.45) is 8.35. The minimum atomic E-state index is -3.33. The number of unbranched alkanes of at least 4 members (excludes halogenated alkanes) is 1. The second-order valence-corrected chi connectivity index (χ2v) is 18.5. The van der Waals surface area contributed by atoms with Gasteiger partial charge in [-0.2, -0.15) is 0 Å². The molecule has 2 aromatic carbocycles. The number of nitrogens with two attached hydrogens (primary N) is 1. The van der Waals surface area contributed by atoms with E-state index in [1.807, 2.05) is 23.6 Å². The molecule has 1 aliphatic carbocycles. The third-order valence-electron chi connectivity index (χ3n) is 11.4. The number of benzene rings is 2. The van der Waals surface area contributed by atoms with Gasteiger partial charge in [-0.15, -0.1) is 11.3 Å². The number of amides is 3. The summed E-state index contributed by atoms with van der Waals surface area (Å²) in [7, 11) is -3.33. The van der Waals surface area contributed by atoms with Crippen molar-refractivity contribution < 1.29 is 27.5 Å². The molecule has 2 saturated heterocycles. The van der Waals surface area contributed by atoms with Crippen LogP contribution < -0.4 is 31.1 Å². The second-order valence-electron chi connectivity index (χ2n) is 15.6. The summed E-state index contributed by atoms with van der Waals surface area (Å²) >= 11 is 1.53. The number of thiophene rings is 1. The van der Waals surface area contributed by atoms with Crippen molar-refractivity contribution in [3.8, 4) is 5.75 Å². The molecule has 0 radical (unpaired) electrons. The molecule has 3 aromatic rings. The summed E-state index contributed by atoms with van der Waals surface area (Å²) in [6, 6.07) is 20.5. The van der Waals surface area contributed by atoms with E-state index in [0.29, 0.717) is 44.1 Å². The van der Waals surface area contributed by atoms with Crippen LogP contribution in [0, 0.1) is 5.41 Å². The predicted molar refractivity (Wildman–Crippen MR) is 218 cm³/mol. The third kappa shape index (κ3) is 11.8. The van der Waals surface area contributed by atoms with Crippen molar-refractivity contribution in [1.82, 2.24) is 30.5 Å². The molecule has 15 heteroatoms. The highest BCUT2D eigenvalue weighted by Crippen LogP contribution is 2.43. The topological polar surface area (TPSA) is 175 Å². The van der Waals surface area contributed by atoms with E-state index in [0.717, 1.165) is 61.8 Å². The summed E-state index contributed by atoms with van der Waals surface area (Å²) in [5, 5.41) is 12.4. The summed E-state index contributed by atoms with van der Waals surface area (Å²) in [4.78, 5) is 46.1. The van der Waals surface area contributed by atoms with Gasteiger partial charge in [0.05, 0.1) is 25.4 Å². The molecule has 3 fully saturated rings. The number of carbonyl (C=O) groups excluding carboxylic acids is 3. The lowest BCUT2D eigenvalue weighted by molar-refractivity contribution is -0.145. The molecule has 6 rings (SSSR count). The molecule has 1 spiro atoms. The van der Waals surface area contributed by atoms with Crippen LogP contribution in [0.5, 0.6) is 5.75 Å². The Labute approximate surface area is 335 Å². The number of nitrogens with zero attached hydrogens (tertiary/aromatic N) is 2. The van der Waals surface area contributed by atoms with Crippen molar-refractivity contribution in [2.75, 3.05) is 39.0 Å². The quantitative estimate of drug-likeness (QED) is 0.135. The number of hydrogen-bond donors (Lipinski definition) is 5. The Morgan fingerprint density at radius 2 is 1.80 bits per heavy atom. The predicted octanol–water partition coefficient (Wildman–Crippen LogP) is 3.75. The molecule has 56 heavy (non-hydrogen) atoms. The first-order valence-corrected chi connectivity index (χ1v) is 22.6. The molecular weight excluding hydrogens is 751 g/mol. The van der Waals surface area contributed by atoms with Crippen LogP contribution in [-0.4, -0.2) is 99.3 Å². The van der Waals surface area contributed by atoms with Gasteiger partial charge in [0.2, 0.25) is 21.8 Å². The maximum absolute atomic E-state index is 14.7. The number of sulfonamides is 1. The van der Waals surface area contributed by atoms with Crippen LogP contribution in [0.4, 0.5) is 4.79 Å². The van der Waals surface area contributed by atoms with E-state index in [1.54, 1.807) is 23.1 Å². The molecule has 1 unspecified atom stereocenters. The Balaban J connectivity index is 1.13. The number of nitrogens with one attached hydrogen (secondary N) is 4. The van der Waals surface area contributed by atoms with Crippen molar-refractivity contribution >= 4 is 39.3 Å². The number of ether oxygens (including phenoxy) is 1. The summed E-state index contributed by atoms with van der Waals surface area (Å²) < 4.78 is 31.6. The maximum Gasteiger partial charge on any atom is 0.415 e. The van der Waals surface area contributed by atoms with Gasteiger partial charge >= 0.3 is 6.09 Å². The summed E-state index contributed by atoms with van der Waals surface area (Å²) in [5.41, 5.74) is 8.20. The highest BCUT2D eigenvalue weighted by molar-refractivity contribution is 7.88. The zero-order valence-electron chi connectivity index (χ0n) is 32.3. The van der Waals surface area contributed by atoms with Crippen LogP contribution in [-0.2, 0) is 39.1 Å². The van der Waals surface area contributed by atoms with Gasteiger partial charge in [0.25, 0.3) is 0 Å². The number of hydrogen-bond acceptors (Lipinski definition) is 10. The second kappa shape index (κ2) is 19.5. The minimum Gasteiger partial charge on any atom is -0.410 e. The number of rotatable bonds is 16. The first kappa shape index (κ1) is 41.8.